The number of primary amides is 1. The minimum absolute atomic E-state index is 0.0950. The zero-order valence-corrected chi connectivity index (χ0v) is 16.7. The molecule has 2 aliphatic heterocycles. The molecule has 8 nitrogen and oxygen atoms in total. The summed E-state index contributed by atoms with van der Waals surface area (Å²) in [5.41, 5.74) is 5.73. The smallest absolute Gasteiger partial charge is 0.338 e. The fourth-order valence-corrected chi connectivity index (χ4v) is 5.46. The lowest BCUT2D eigenvalue weighted by atomic mass is 10.1. The van der Waals surface area contributed by atoms with Gasteiger partial charge in [0, 0.05) is 26.2 Å². The predicted octanol–water partition coefficient (Wildman–Crippen LogP) is 1.49. The number of benzene rings is 1. The van der Waals surface area contributed by atoms with E-state index in [9.17, 15) is 18.0 Å². The summed E-state index contributed by atoms with van der Waals surface area (Å²) in [7, 11) is -3.74. The van der Waals surface area contributed by atoms with E-state index in [0.29, 0.717) is 18.8 Å². The molecule has 9 heteroatoms. The molecule has 0 radical (unpaired) electrons. The second-order valence-electron chi connectivity index (χ2n) is 7.24. The summed E-state index contributed by atoms with van der Waals surface area (Å²) >= 11 is 0. The summed E-state index contributed by atoms with van der Waals surface area (Å²) < 4.78 is 33.1. The molecule has 1 aromatic rings. The molecule has 2 N–H and O–H groups in total. The first-order valence-electron chi connectivity index (χ1n) is 9.74. The van der Waals surface area contributed by atoms with Crippen molar-refractivity contribution in [3.63, 3.8) is 0 Å². The first kappa shape index (κ1) is 20.6. The van der Waals surface area contributed by atoms with Crippen LogP contribution in [-0.2, 0) is 19.6 Å². The average Bonchev–Trinajstić information content (AvgIpc) is 2.72. The van der Waals surface area contributed by atoms with Crippen molar-refractivity contribution in [1.29, 1.82) is 0 Å². The molecule has 2 heterocycles. The lowest BCUT2D eigenvalue weighted by Crippen LogP contribution is -2.37. The minimum atomic E-state index is -3.74. The molecule has 0 bridgehead atoms. The van der Waals surface area contributed by atoms with Crippen molar-refractivity contribution in [2.75, 3.05) is 37.7 Å². The molecule has 154 valence electrons. The molecule has 2 fully saturated rings. The van der Waals surface area contributed by atoms with Crippen LogP contribution in [0.3, 0.4) is 0 Å². The van der Waals surface area contributed by atoms with Crippen molar-refractivity contribution in [1.82, 2.24) is 4.31 Å². The Kier molecular flexibility index (Phi) is 6.56. The molecule has 3 rings (SSSR count). The van der Waals surface area contributed by atoms with Crippen molar-refractivity contribution in [3.8, 4) is 0 Å². The molecule has 2 saturated heterocycles. The van der Waals surface area contributed by atoms with E-state index in [1.165, 1.54) is 10.4 Å². The Morgan fingerprint density at radius 1 is 0.964 bits per heavy atom. The van der Waals surface area contributed by atoms with Gasteiger partial charge < -0.3 is 15.4 Å². The number of rotatable bonds is 6. The maximum Gasteiger partial charge on any atom is 0.338 e. The Balaban J connectivity index is 1.98. The highest BCUT2D eigenvalue weighted by atomic mass is 32.2. The number of piperidine rings is 2. The number of sulfonamides is 1. The summed E-state index contributed by atoms with van der Waals surface area (Å²) in [5.74, 6) is -1.53. The summed E-state index contributed by atoms with van der Waals surface area (Å²) in [5, 5.41) is 0. The van der Waals surface area contributed by atoms with Gasteiger partial charge in [0.1, 0.15) is 4.90 Å². The highest BCUT2D eigenvalue weighted by Crippen LogP contribution is 2.32. The number of nitrogens with two attached hydrogens (primary N) is 1. The van der Waals surface area contributed by atoms with Gasteiger partial charge >= 0.3 is 5.97 Å². The van der Waals surface area contributed by atoms with Crippen molar-refractivity contribution in [3.05, 3.63) is 23.8 Å². The number of anilines is 1. The molecule has 2 aliphatic rings. The highest BCUT2D eigenvalue weighted by Gasteiger charge is 2.31. The topological polar surface area (TPSA) is 110 Å². The van der Waals surface area contributed by atoms with E-state index in [-0.39, 0.29) is 10.5 Å². The van der Waals surface area contributed by atoms with Crippen LogP contribution in [-0.4, -0.2) is 57.4 Å². The van der Waals surface area contributed by atoms with E-state index in [4.69, 9.17) is 10.5 Å². The molecule has 0 saturated carbocycles. The Bertz CT molecular complexity index is 828. The van der Waals surface area contributed by atoms with E-state index >= 15 is 0 Å². The number of amides is 1. The zero-order chi connectivity index (χ0) is 20.1. The third-order valence-electron chi connectivity index (χ3n) is 5.17. The lowest BCUT2D eigenvalue weighted by molar-refractivity contribution is -0.121. The Morgan fingerprint density at radius 3 is 2.18 bits per heavy atom. The van der Waals surface area contributed by atoms with Crippen LogP contribution in [0.25, 0.3) is 0 Å². The molecule has 0 spiro atoms. The molecule has 0 unspecified atom stereocenters. The van der Waals surface area contributed by atoms with Crippen molar-refractivity contribution < 1.29 is 22.7 Å². The Labute approximate surface area is 165 Å². The van der Waals surface area contributed by atoms with Gasteiger partial charge in [0.2, 0.25) is 10.0 Å². The van der Waals surface area contributed by atoms with Gasteiger partial charge in [-0.15, -0.1) is 0 Å². The third kappa shape index (κ3) is 4.64. The van der Waals surface area contributed by atoms with Crippen LogP contribution in [0.4, 0.5) is 5.69 Å². The number of hydrogen-bond acceptors (Lipinski definition) is 6. The second kappa shape index (κ2) is 8.91. The summed E-state index contributed by atoms with van der Waals surface area (Å²) in [6.45, 7) is 2.00. The van der Waals surface area contributed by atoms with Crippen LogP contribution in [0, 0.1) is 0 Å². The Morgan fingerprint density at radius 2 is 1.57 bits per heavy atom. The first-order chi connectivity index (χ1) is 13.4. The van der Waals surface area contributed by atoms with Gasteiger partial charge in [-0.3, -0.25) is 4.79 Å². The van der Waals surface area contributed by atoms with Crippen molar-refractivity contribution in [2.24, 2.45) is 5.73 Å². The van der Waals surface area contributed by atoms with E-state index in [2.05, 4.69) is 4.90 Å². The van der Waals surface area contributed by atoms with Gasteiger partial charge in [-0.05, 0) is 50.3 Å². The van der Waals surface area contributed by atoms with Gasteiger partial charge in [-0.25, -0.2) is 13.2 Å². The van der Waals surface area contributed by atoms with Gasteiger partial charge in [-0.1, -0.05) is 6.42 Å². The summed E-state index contributed by atoms with van der Waals surface area (Å²) in [6, 6.07) is 4.59. The van der Waals surface area contributed by atoms with Crippen molar-refractivity contribution in [2.45, 2.75) is 43.4 Å². The second-order valence-corrected chi connectivity index (χ2v) is 9.14. The average molecular weight is 410 g/mol. The largest absolute Gasteiger partial charge is 0.452 e. The van der Waals surface area contributed by atoms with Gasteiger partial charge in [0.15, 0.2) is 6.61 Å². The molecular formula is C19H27N3O5S. The van der Waals surface area contributed by atoms with Crippen LogP contribution < -0.4 is 10.6 Å². The van der Waals surface area contributed by atoms with Crippen molar-refractivity contribution >= 4 is 27.6 Å². The van der Waals surface area contributed by atoms with Gasteiger partial charge in [-0.2, -0.15) is 4.31 Å². The number of nitrogens with zero attached hydrogens (tertiary/aromatic N) is 2. The monoisotopic (exact) mass is 409 g/mol. The fraction of sp³-hybridized carbons (Fsp3) is 0.579. The molecular weight excluding hydrogens is 382 g/mol. The quantitative estimate of drug-likeness (QED) is 0.713. The lowest BCUT2D eigenvalue weighted by Gasteiger charge is -2.33. The molecule has 0 aliphatic carbocycles. The Hall–Kier alpha value is -2.13. The highest BCUT2D eigenvalue weighted by molar-refractivity contribution is 7.89. The third-order valence-corrected chi connectivity index (χ3v) is 7.10. The predicted molar refractivity (Wildman–Crippen MR) is 105 cm³/mol. The maximum atomic E-state index is 13.4. The van der Waals surface area contributed by atoms with Crippen LogP contribution >= 0.6 is 0 Å². The molecule has 0 atom stereocenters. The van der Waals surface area contributed by atoms with E-state index in [1.54, 1.807) is 12.1 Å². The number of esters is 1. The minimum Gasteiger partial charge on any atom is -0.452 e. The number of ether oxygens (including phenoxy) is 1. The molecule has 1 amide bonds. The van der Waals surface area contributed by atoms with Crippen LogP contribution in [0.1, 0.15) is 48.9 Å². The summed E-state index contributed by atoms with van der Waals surface area (Å²) in [6.07, 6.45) is 5.82. The number of carbonyl (C=O) groups is 2. The van der Waals surface area contributed by atoms with Crippen LogP contribution in [0.2, 0.25) is 0 Å². The standard InChI is InChI=1S/C19H27N3O5S/c20-18(23)14-27-19(24)15-7-8-16(21-9-3-1-4-10-21)17(13-15)28(25,26)22-11-5-2-6-12-22/h7-8,13H,1-6,9-12,14H2,(H2,20,23). The van der Waals surface area contributed by atoms with E-state index < -0.39 is 28.5 Å². The van der Waals surface area contributed by atoms with E-state index in [0.717, 1.165) is 51.6 Å². The van der Waals surface area contributed by atoms with Crippen LogP contribution in [0.15, 0.2) is 23.1 Å². The normalized spacial score (nSPS) is 18.6. The molecule has 28 heavy (non-hydrogen) atoms. The number of hydrogen-bond donors (Lipinski definition) is 1. The number of carbonyl (C=O) groups excluding carboxylic acids is 2. The summed E-state index contributed by atoms with van der Waals surface area (Å²) in [4.78, 5) is 25.3. The first-order valence-corrected chi connectivity index (χ1v) is 11.2. The van der Waals surface area contributed by atoms with Crippen LogP contribution in [0.5, 0.6) is 0 Å². The van der Waals surface area contributed by atoms with Gasteiger partial charge in [0.25, 0.3) is 5.91 Å². The van der Waals surface area contributed by atoms with E-state index in [1.807, 2.05) is 0 Å². The molecule has 1 aromatic carbocycles. The molecule has 0 aromatic heterocycles. The zero-order valence-electron chi connectivity index (χ0n) is 15.9. The maximum absolute atomic E-state index is 13.4. The fourth-order valence-electron chi connectivity index (χ4n) is 3.71. The SMILES string of the molecule is NC(=O)COC(=O)c1ccc(N2CCCCC2)c(S(=O)(=O)N2CCCCC2)c1. The van der Waals surface area contributed by atoms with Gasteiger partial charge in [0.05, 0.1) is 11.3 Å².